The van der Waals surface area contributed by atoms with Crippen LogP contribution in [0.5, 0.6) is 0 Å². The Balaban J connectivity index is 2.69. The fourth-order valence-electron chi connectivity index (χ4n) is 1.87. The summed E-state index contributed by atoms with van der Waals surface area (Å²) in [4.78, 5) is 22.0. The van der Waals surface area contributed by atoms with Crippen molar-refractivity contribution in [3.63, 3.8) is 0 Å². The van der Waals surface area contributed by atoms with Crippen molar-refractivity contribution in [1.29, 1.82) is 0 Å². The summed E-state index contributed by atoms with van der Waals surface area (Å²) >= 11 is 1.78. The third-order valence-electron chi connectivity index (χ3n) is 2.49. The van der Waals surface area contributed by atoms with Crippen molar-refractivity contribution in [3.8, 4) is 0 Å². The van der Waals surface area contributed by atoms with Gasteiger partial charge in [0.15, 0.2) is 6.10 Å². The van der Waals surface area contributed by atoms with Gasteiger partial charge < -0.3 is 9.47 Å². The molecule has 0 bridgehead atoms. The fraction of sp³-hybridized carbons (Fsp3) is 0.818. The van der Waals surface area contributed by atoms with Gasteiger partial charge in [-0.25, -0.2) is 0 Å². The van der Waals surface area contributed by atoms with Crippen molar-refractivity contribution < 1.29 is 19.1 Å². The second-order valence-electron chi connectivity index (χ2n) is 3.83. The Morgan fingerprint density at radius 2 is 1.88 bits per heavy atom. The summed E-state index contributed by atoms with van der Waals surface area (Å²) in [5.74, 6) is 0.306. The van der Waals surface area contributed by atoms with Crippen LogP contribution in [0, 0.1) is 0 Å². The van der Waals surface area contributed by atoms with Gasteiger partial charge in [0, 0.05) is 19.1 Å². The molecule has 3 unspecified atom stereocenters. The third-order valence-corrected chi connectivity index (χ3v) is 3.99. The van der Waals surface area contributed by atoms with Crippen LogP contribution in [0.4, 0.5) is 0 Å². The highest BCUT2D eigenvalue weighted by Gasteiger charge is 2.37. The van der Waals surface area contributed by atoms with Crippen LogP contribution in [-0.2, 0) is 19.1 Å². The lowest BCUT2D eigenvalue weighted by Gasteiger charge is -2.35. The standard InChI is InChI=1S/C11H18O4S/c1-4-10-11(15-8(3)13)9(5-6-16-10)14-7(2)12/h9-11H,4-6H2,1-3H3. The first-order valence-electron chi connectivity index (χ1n) is 5.50. The molecule has 0 N–H and O–H groups in total. The smallest absolute Gasteiger partial charge is 0.303 e. The Bertz CT molecular complexity index is 267. The quantitative estimate of drug-likeness (QED) is 0.710. The minimum absolute atomic E-state index is 0.224. The summed E-state index contributed by atoms with van der Waals surface area (Å²) in [7, 11) is 0. The number of carbonyl (C=O) groups is 2. The molecule has 16 heavy (non-hydrogen) atoms. The molecule has 4 nitrogen and oxygen atoms in total. The van der Waals surface area contributed by atoms with Gasteiger partial charge >= 0.3 is 11.9 Å². The highest BCUT2D eigenvalue weighted by Crippen LogP contribution is 2.32. The van der Waals surface area contributed by atoms with E-state index in [0.29, 0.717) is 0 Å². The monoisotopic (exact) mass is 246 g/mol. The van der Waals surface area contributed by atoms with E-state index >= 15 is 0 Å². The number of thioether (sulfide) groups is 1. The fourth-order valence-corrected chi connectivity index (χ4v) is 3.19. The molecule has 0 amide bonds. The van der Waals surface area contributed by atoms with Gasteiger partial charge in [0.2, 0.25) is 0 Å². The number of carbonyl (C=O) groups excluding carboxylic acids is 2. The molecule has 1 aliphatic heterocycles. The molecule has 0 aliphatic carbocycles. The maximum Gasteiger partial charge on any atom is 0.303 e. The van der Waals surface area contributed by atoms with E-state index in [-0.39, 0.29) is 29.4 Å². The number of hydrogen-bond donors (Lipinski definition) is 0. The van der Waals surface area contributed by atoms with Crippen LogP contribution in [0.1, 0.15) is 33.6 Å². The van der Waals surface area contributed by atoms with Crippen LogP contribution in [0.15, 0.2) is 0 Å². The normalized spacial score (nSPS) is 29.6. The summed E-state index contributed by atoms with van der Waals surface area (Å²) in [5, 5.41) is 0.224. The Hall–Kier alpha value is -0.710. The highest BCUT2D eigenvalue weighted by molar-refractivity contribution is 8.00. The number of esters is 2. The van der Waals surface area contributed by atoms with Gasteiger partial charge in [-0.1, -0.05) is 6.92 Å². The molecule has 1 heterocycles. The zero-order chi connectivity index (χ0) is 12.1. The van der Waals surface area contributed by atoms with E-state index in [0.717, 1.165) is 18.6 Å². The van der Waals surface area contributed by atoms with Gasteiger partial charge in [-0.05, 0) is 18.6 Å². The molecule has 5 heteroatoms. The van der Waals surface area contributed by atoms with Crippen LogP contribution in [-0.4, -0.2) is 35.1 Å². The largest absolute Gasteiger partial charge is 0.459 e. The van der Waals surface area contributed by atoms with Gasteiger partial charge in [-0.3, -0.25) is 9.59 Å². The van der Waals surface area contributed by atoms with Gasteiger partial charge in [0.05, 0.1) is 0 Å². The third kappa shape index (κ3) is 3.70. The van der Waals surface area contributed by atoms with Crippen molar-refractivity contribution in [2.75, 3.05) is 5.75 Å². The van der Waals surface area contributed by atoms with Crippen LogP contribution in [0.3, 0.4) is 0 Å². The van der Waals surface area contributed by atoms with Crippen molar-refractivity contribution in [3.05, 3.63) is 0 Å². The van der Waals surface area contributed by atoms with Gasteiger partial charge in [0.25, 0.3) is 0 Å². The van der Waals surface area contributed by atoms with Crippen LogP contribution >= 0.6 is 11.8 Å². The average molecular weight is 246 g/mol. The Kier molecular flexibility index (Phi) is 5.12. The molecule has 1 saturated heterocycles. The van der Waals surface area contributed by atoms with E-state index in [1.54, 1.807) is 11.8 Å². The molecule has 1 fully saturated rings. The average Bonchev–Trinajstić information content (AvgIpc) is 2.19. The molecular formula is C11H18O4S. The summed E-state index contributed by atoms with van der Waals surface area (Å²) in [6.07, 6.45) is 1.07. The minimum atomic E-state index is -0.317. The molecule has 0 spiro atoms. The highest BCUT2D eigenvalue weighted by atomic mass is 32.2. The van der Waals surface area contributed by atoms with E-state index in [2.05, 4.69) is 0 Å². The second kappa shape index (κ2) is 6.13. The summed E-state index contributed by atoms with van der Waals surface area (Å²) in [6, 6.07) is 0. The molecule has 0 aromatic heterocycles. The lowest BCUT2D eigenvalue weighted by Crippen LogP contribution is -2.45. The lowest BCUT2D eigenvalue weighted by molar-refractivity contribution is -0.166. The zero-order valence-electron chi connectivity index (χ0n) is 9.89. The number of ether oxygens (including phenoxy) is 2. The minimum Gasteiger partial charge on any atom is -0.459 e. The number of hydrogen-bond acceptors (Lipinski definition) is 5. The molecule has 1 rings (SSSR count). The first-order valence-corrected chi connectivity index (χ1v) is 6.55. The molecule has 0 radical (unpaired) electrons. The molecule has 0 aromatic rings. The van der Waals surface area contributed by atoms with Gasteiger partial charge in [-0.2, -0.15) is 11.8 Å². The molecule has 0 aromatic carbocycles. The summed E-state index contributed by atoms with van der Waals surface area (Å²) in [6.45, 7) is 4.81. The van der Waals surface area contributed by atoms with Crippen molar-refractivity contribution in [2.24, 2.45) is 0 Å². The van der Waals surface area contributed by atoms with Crippen LogP contribution < -0.4 is 0 Å². The summed E-state index contributed by atoms with van der Waals surface area (Å²) in [5.41, 5.74) is 0. The van der Waals surface area contributed by atoms with Crippen molar-refractivity contribution in [1.82, 2.24) is 0 Å². The molecule has 0 saturated carbocycles. The molecule has 92 valence electrons. The van der Waals surface area contributed by atoms with Crippen molar-refractivity contribution >= 4 is 23.7 Å². The van der Waals surface area contributed by atoms with Gasteiger partial charge in [-0.15, -0.1) is 0 Å². The Labute approximate surface area is 100 Å². The Morgan fingerprint density at radius 3 is 2.38 bits per heavy atom. The predicted octanol–water partition coefficient (Wildman–Crippen LogP) is 1.77. The van der Waals surface area contributed by atoms with E-state index in [1.165, 1.54) is 13.8 Å². The zero-order valence-corrected chi connectivity index (χ0v) is 10.7. The van der Waals surface area contributed by atoms with E-state index in [1.807, 2.05) is 6.92 Å². The van der Waals surface area contributed by atoms with Crippen LogP contribution in [0.25, 0.3) is 0 Å². The number of rotatable bonds is 3. The topological polar surface area (TPSA) is 52.6 Å². The van der Waals surface area contributed by atoms with E-state index in [9.17, 15) is 9.59 Å². The second-order valence-corrected chi connectivity index (χ2v) is 5.18. The maximum atomic E-state index is 11.0. The lowest BCUT2D eigenvalue weighted by atomic mass is 10.1. The maximum absolute atomic E-state index is 11.0. The molecule has 3 atom stereocenters. The summed E-state index contributed by atoms with van der Waals surface area (Å²) < 4.78 is 10.5. The van der Waals surface area contributed by atoms with Gasteiger partial charge in [0.1, 0.15) is 6.10 Å². The Morgan fingerprint density at radius 1 is 1.25 bits per heavy atom. The molecule has 1 aliphatic rings. The first kappa shape index (κ1) is 13.4. The SMILES string of the molecule is CCC1SCCC(OC(C)=O)C1OC(C)=O. The predicted molar refractivity (Wildman–Crippen MR) is 62.3 cm³/mol. The van der Waals surface area contributed by atoms with Crippen molar-refractivity contribution in [2.45, 2.75) is 51.1 Å². The molecular weight excluding hydrogens is 228 g/mol. The van der Waals surface area contributed by atoms with E-state index < -0.39 is 0 Å². The van der Waals surface area contributed by atoms with E-state index in [4.69, 9.17) is 9.47 Å². The first-order chi connectivity index (χ1) is 7.54. The van der Waals surface area contributed by atoms with Crippen LogP contribution in [0.2, 0.25) is 0 Å².